The van der Waals surface area contributed by atoms with Gasteiger partial charge in [0.1, 0.15) is 17.2 Å². The summed E-state index contributed by atoms with van der Waals surface area (Å²) in [5.74, 6) is 0.103. The number of thioether (sulfide) groups is 1. The third-order valence-corrected chi connectivity index (χ3v) is 5.09. The summed E-state index contributed by atoms with van der Waals surface area (Å²) in [7, 11) is 0. The van der Waals surface area contributed by atoms with Crippen molar-refractivity contribution in [3.05, 3.63) is 24.0 Å². The summed E-state index contributed by atoms with van der Waals surface area (Å²) in [5.41, 5.74) is 5.90. The predicted octanol–water partition coefficient (Wildman–Crippen LogP) is 2.28. The quantitative estimate of drug-likeness (QED) is 0.419. The molecule has 0 unspecified atom stereocenters. The molecule has 27 heavy (non-hydrogen) atoms. The first-order chi connectivity index (χ1) is 13.1. The lowest BCUT2D eigenvalue weighted by molar-refractivity contribution is -0.113. The zero-order valence-electron chi connectivity index (χ0n) is 15.1. The van der Waals surface area contributed by atoms with Crippen LogP contribution in [-0.4, -0.2) is 44.0 Å². The fourth-order valence-corrected chi connectivity index (χ4v) is 3.60. The Morgan fingerprint density at radius 3 is 2.89 bits per heavy atom. The minimum atomic E-state index is -0.565. The van der Waals surface area contributed by atoms with Crippen LogP contribution in [0.25, 0.3) is 0 Å². The number of ether oxygens (including phenoxy) is 1. The molecule has 0 aliphatic heterocycles. The highest BCUT2D eigenvalue weighted by molar-refractivity contribution is 7.99. The minimum Gasteiger partial charge on any atom is -0.462 e. The number of carbonyl (C=O) groups is 2. The van der Waals surface area contributed by atoms with E-state index in [1.54, 1.807) is 19.2 Å². The number of esters is 1. The first-order valence-corrected chi connectivity index (χ1v) is 9.82. The molecule has 0 spiro atoms. The Kier molecular flexibility index (Phi) is 6.28. The largest absolute Gasteiger partial charge is 0.462 e. The van der Waals surface area contributed by atoms with E-state index in [1.807, 2.05) is 4.68 Å². The number of aromatic nitrogens is 4. The Morgan fingerprint density at radius 1 is 1.41 bits per heavy atom. The molecule has 0 aromatic carbocycles. The highest BCUT2D eigenvalue weighted by Crippen LogP contribution is 2.31. The third-order valence-electron chi connectivity index (χ3n) is 4.23. The van der Waals surface area contributed by atoms with E-state index in [0.717, 1.165) is 24.6 Å². The molecular weight excluding hydrogens is 368 g/mol. The smallest absolute Gasteiger partial charge is 0.343 e. The molecule has 3 rings (SSSR count). The maximum atomic E-state index is 12.3. The maximum Gasteiger partial charge on any atom is 0.343 e. The number of nitrogens with one attached hydrogen (secondary N) is 1. The van der Waals surface area contributed by atoms with Crippen LogP contribution in [0.15, 0.2) is 23.6 Å². The molecule has 0 radical (unpaired) electrons. The van der Waals surface area contributed by atoms with Gasteiger partial charge in [0.2, 0.25) is 5.91 Å². The van der Waals surface area contributed by atoms with Crippen molar-refractivity contribution in [2.24, 2.45) is 0 Å². The van der Waals surface area contributed by atoms with Crippen LogP contribution in [0.3, 0.4) is 0 Å². The Bertz CT molecular complexity index is 819. The number of amides is 1. The standard InChI is InChI=1S/C17H22N6O3S/c1-2-26-16(25)12-9-19-17(22-15(12)18)27-10-14(24)21-13-7-8-20-23(13)11-5-3-4-6-11/h7-9,11H,2-6,10H2,1H3,(H,21,24)(H2,18,19,22). The van der Waals surface area contributed by atoms with Crippen molar-refractivity contribution < 1.29 is 14.3 Å². The van der Waals surface area contributed by atoms with Gasteiger partial charge in [-0.25, -0.2) is 19.4 Å². The molecule has 2 aromatic heterocycles. The van der Waals surface area contributed by atoms with Crippen molar-refractivity contribution in [3.63, 3.8) is 0 Å². The topological polar surface area (TPSA) is 125 Å². The molecule has 1 aliphatic carbocycles. The van der Waals surface area contributed by atoms with E-state index >= 15 is 0 Å². The normalized spacial score (nSPS) is 14.3. The van der Waals surface area contributed by atoms with E-state index in [9.17, 15) is 9.59 Å². The predicted molar refractivity (Wildman–Crippen MR) is 101 cm³/mol. The van der Waals surface area contributed by atoms with Crippen molar-refractivity contribution >= 4 is 35.3 Å². The monoisotopic (exact) mass is 390 g/mol. The van der Waals surface area contributed by atoms with Crippen molar-refractivity contribution in [2.75, 3.05) is 23.4 Å². The molecule has 1 saturated carbocycles. The first-order valence-electron chi connectivity index (χ1n) is 8.84. The van der Waals surface area contributed by atoms with Crippen LogP contribution >= 0.6 is 11.8 Å². The molecule has 1 amide bonds. The van der Waals surface area contributed by atoms with Crippen molar-refractivity contribution in [1.29, 1.82) is 0 Å². The van der Waals surface area contributed by atoms with Crippen LogP contribution in [0.1, 0.15) is 49.0 Å². The van der Waals surface area contributed by atoms with E-state index < -0.39 is 5.97 Å². The van der Waals surface area contributed by atoms with Gasteiger partial charge < -0.3 is 15.8 Å². The summed E-state index contributed by atoms with van der Waals surface area (Å²) < 4.78 is 6.77. The van der Waals surface area contributed by atoms with Crippen LogP contribution in [0.2, 0.25) is 0 Å². The van der Waals surface area contributed by atoms with Crippen LogP contribution in [-0.2, 0) is 9.53 Å². The molecule has 0 atom stereocenters. The highest BCUT2D eigenvalue weighted by Gasteiger charge is 2.20. The summed E-state index contributed by atoms with van der Waals surface area (Å²) in [5, 5.41) is 7.53. The fraction of sp³-hybridized carbons (Fsp3) is 0.471. The van der Waals surface area contributed by atoms with E-state index in [2.05, 4.69) is 20.4 Å². The number of anilines is 2. The summed E-state index contributed by atoms with van der Waals surface area (Å²) in [6, 6.07) is 2.14. The van der Waals surface area contributed by atoms with Crippen molar-refractivity contribution in [3.8, 4) is 0 Å². The lowest BCUT2D eigenvalue weighted by atomic mass is 10.2. The van der Waals surface area contributed by atoms with Gasteiger partial charge in [-0.2, -0.15) is 5.10 Å². The van der Waals surface area contributed by atoms with E-state index in [-0.39, 0.29) is 29.6 Å². The number of carbonyl (C=O) groups excluding carboxylic acids is 2. The first kappa shape index (κ1) is 19.2. The van der Waals surface area contributed by atoms with Gasteiger partial charge in [0.05, 0.1) is 24.6 Å². The molecule has 0 saturated heterocycles. The Balaban J connectivity index is 1.56. The minimum absolute atomic E-state index is 0.0330. The molecule has 9 nitrogen and oxygen atoms in total. The molecule has 2 heterocycles. The zero-order valence-corrected chi connectivity index (χ0v) is 15.9. The van der Waals surface area contributed by atoms with Gasteiger partial charge in [-0.15, -0.1) is 0 Å². The summed E-state index contributed by atoms with van der Waals surface area (Å²) >= 11 is 1.14. The van der Waals surface area contributed by atoms with Crippen molar-refractivity contribution in [2.45, 2.75) is 43.8 Å². The van der Waals surface area contributed by atoms with E-state index in [1.165, 1.54) is 19.0 Å². The van der Waals surface area contributed by atoms with E-state index in [0.29, 0.717) is 17.0 Å². The molecular formula is C17H22N6O3S. The Hall–Kier alpha value is -2.62. The van der Waals surface area contributed by atoms with Crippen LogP contribution in [0, 0.1) is 0 Å². The molecule has 1 aliphatic rings. The summed E-state index contributed by atoms with van der Waals surface area (Å²) in [6.07, 6.45) is 7.55. The van der Waals surface area contributed by atoms with Crippen LogP contribution in [0.5, 0.6) is 0 Å². The fourth-order valence-electron chi connectivity index (χ4n) is 2.98. The van der Waals surface area contributed by atoms with Gasteiger partial charge in [-0.1, -0.05) is 24.6 Å². The number of hydrogen-bond donors (Lipinski definition) is 2. The Labute approximate surface area is 161 Å². The lowest BCUT2D eigenvalue weighted by Gasteiger charge is -2.14. The third kappa shape index (κ3) is 4.76. The van der Waals surface area contributed by atoms with E-state index in [4.69, 9.17) is 10.5 Å². The Morgan fingerprint density at radius 2 is 2.19 bits per heavy atom. The van der Waals surface area contributed by atoms with Crippen molar-refractivity contribution in [1.82, 2.24) is 19.7 Å². The van der Waals surface area contributed by atoms with Gasteiger partial charge in [0.15, 0.2) is 5.16 Å². The SMILES string of the molecule is CCOC(=O)c1cnc(SCC(=O)Nc2ccnn2C2CCCC2)nc1N. The molecule has 3 N–H and O–H groups in total. The molecule has 144 valence electrons. The average molecular weight is 390 g/mol. The van der Waals surface area contributed by atoms with Gasteiger partial charge >= 0.3 is 5.97 Å². The van der Waals surface area contributed by atoms with Gasteiger partial charge in [0.25, 0.3) is 0 Å². The average Bonchev–Trinajstić information content (AvgIpc) is 3.31. The number of hydrogen-bond acceptors (Lipinski definition) is 8. The molecule has 2 aromatic rings. The van der Waals surface area contributed by atoms with Gasteiger partial charge in [-0.05, 0) is 19.8 Å². The zero-order chi connectivity index (χ0) is 19.2. The second-order valence-electron chi connectivity index (χ2n) is 6.11. The number of nitrogen functional groups attached to an aromatic ring is 1. The molecule has 1 fully saturated rings. The highest BCUT2D eigenvalue weighted by atomic mass is 32.2. The summed E-state index contributed by atoms with van der Waals surface area (Å²) in [4.78, 5) is 32.1. The van der Waals surface area contributed by atoms with Gasteiger partial charge in [0, 0.05) is 12.3 Å². The number of nitrogens with two attached hydrogens (primary N) is 1. The second-order valence-corrected chi connectivity index (χ2v) is 7.05. The summed E-state index contributed by atoms with van der Waals surface area (Å²) in [6.45, 7) is 1.95. The molecule has 10 heteroatoms. The number of nitrogens with zero attached hydrogens (tertiary/aromatic N) is 4. The maximum absolute atomic E-state index is 12.3. The second kappa shape index (κ2) is 8.85. The lowest BCUT2D eigenvalue weighted by Crippen LogP contribution is -2.19. The van der Waals surface area contributed by atoms with Crippen LogP contribution in [0.4, 0.5) is 11.6 Å². The number of rotatable bonds is 7. The van der Waals surface area contributed by atoms with Gasteiger partial charge in [-0.3, -0.25) is 4.79 Å². The van der Waals surface area contributed by atoms with Crippen LogP contribution < -0.4 is 11.1 Å². The molecule has 0 bridgehead atoms.